The molecule has 5 nitrogen and oxygen atoms in total. The van der Waals surface area contributed by atoms with Crippen LogP contribution in [0, 0.1) is 0 Å². The number of carbonyl (C=O) groups is 1. The standard InChI is InChI=1S/C17H16N2O3/c1-3-11-10-19-15(13-8-6-5-7-12(11)13)18-9-14(16(19)20)17(21)22-4-2/h5-10H,3-4H2,1-2H3. The predicted molar refractivity (Wildman–Crippen MR) is 84.3 cm³/mol. The van der Waals surface area contributed by atoms with E-state index in [-0.39, 0.29) is 12.2 Å². The molecule has 112 valence electrons. The van der Waals surface area contributed by atoms with Gasteiger partial charge in [0.1, 0.15) is 11.2 Å². The zero-order chi connectivity index (χ0) is 15.7. The van der Waals surface area contributed by atoms with Crippen LogP contribution in [0.2, 0.25) is 0 Å². The highest BCUT2D eigenvalue weighted by Crippen LogP contribution is 2.22. The first kappa shape index (κ1) is 14.3. The van der Waals surface area contributed by atoms with Crippen molar-refractivity contribution in [2.24, 2.45) is 0 Å². The van der Waals surface area contributed by atoms with Crippen LogP contribution < -0.4 is 5.56 Å². The van der Waals surface area contributed by atoms with Gasteiger partial charge in [0.2, 0.25) is 0 Å². The highest BCUT2D eigenvalue weighted by atomic mass is 16.5. The highest BCUT2D eigenvalue weighted by Gasteiger charge is 2.16. The molecule has 0 saturated carbocycles. The van der Waals surface area contributed by atoms with Crippen LogP contribution in [0.25, 0.3) is 16.4 Å². The largest absolute Gasteiger partial charge is 0.462 e. The molecule has 3 aromatic rings. The normalized spacial score (nSPS) is 11.0. The lowest BCUT2D eigenvalue weighted by Gasteiger charge is -2.10. The number of rotatable bonds is 3. The molecule has 0 aliphatic heterocycles. The number of pyridine rings is 1. The van der Waals surface area contributed by atoms with Gasteiger partial charge in [-0.2, -0.15) is 0 Å². The van der Waals surface area contributed by atoms with Crippen LogP contribution in [0.1, 0.15) is 29.8 Å². The lowest BCUT2D eigenvalue weighted by atomic mass is 10.1. The highest BCUT2D eigenvalue weighted by molar-refractivity contribution is 5.96. The molecule has 22 heavy (non-hydrogen) atoms. The molecule has 5 heteroatoms. The van der Waals surface area contributed by atoms with Crippen LogP contribution in [-0.4, -0.2) is 22.0 Å². The van der Waals surface area contributed by atoms with Gasteiger partial charge in [0.25, 0.3) is 5.56 Å². The number of carbonyl (C=O) groups excluding carboxylic acids is 1. The molecule has 3 rings (SSSR count). The van der Waals surface area contributed by atoms with Crippen molar-refractivity contribution in [3.8, 4) is 0 Å². The van der Waals surface area contributed by atoms with E-state index < -0.39 is 11.5 Å². The van der Waals surface area contributed by atoms with Crippen LogP contribution in [0.15, 0.2) is 41.5 Å². The maximum atomic E-state index is 12.6. The molecule has 0 N–H and O–H groups in total. The first-order valence-corrected chi connectivity index (χ1v) is 7.26. The third-order valence-electron chi connectivity index (χ3n) is 3.67. The second-order valence-corrected chi connectivity index (χ2v) is 4.94. The first-order chi connectivity index (χ1) is 10.7. The Morgan fingerprint density at radius 2 is 1.95 bits per heavy atom. The zero-order valence-corrected chi connectivity index (χ0v) is 12.5. The summed E-state index contributed by atoms with van der Waals surface area (Å²) in [6.45, 7) is 3.95. The molecular formula is C17H16N2O3. The molecule has 0 spiro atoms. The number of nitrogens with zero attached hydrogens (tertiary/aromatic N) is 2. The smallest absolute Gasteiger partial charge is 0.345 e. The SMILES string of the molecule is CCOC(=O)c1cnc2c3ccccc3c(CC)cn2c1=O. The maximum absolute atomic E-state index is 12.6. The molecule has 0 aliphatic carbocycles. The van der Waals surface area contributed by atoms with Gasteiger partial charge < -0.3 is 4.74 Å². The Morgan fingerprint density at radius 3 is 2.64 bits per heavy atom. The lowest BCUT2D eigenvalue weighted by Crippen LogP contribution is -2.24. The molecule has 0 unspecified atom stereocenters. The van der Waals surface area contributed by atoms with Gasteiger partial charge in [0, 0.05) is 17.8 Å². The summed E-state index contributed by atoms with van der Waals surface area (Å²) in [4.78, 5) is 28.7. The monoisotopic (exact) mass is 296 g/mol. The van der Waals surface area contributed by atoms with Gasteiger partial charge in [0.15, 0.2) is 0 Å². The molecule has 0 aliphatic rings. The second-order valence-electron chi connectivity index (χ2n) is 4.94. The fourth-order valence-electron chi connectivity index (χ4n) is 2.60. The van der Waals surface area contributed by atoms with Gasteiger partial charge in [-0.1, -0.05) is 31.2 Å². The topological polar surface area (TPSA) is 60.7 Å². The van der Waals surface area contributed by atoms with E-state index in [9.17, 15) is 9.59 Å². The molecule has 2 aromatic heterocycles. The van der Waals surface area contributed by atoms with Gasteiger partial charge in [-0.25, -0.2) is 9.78 Å². The summed E-state index contributed by atoms with van der Waals surface area (Å²) in [5, 5.41) is 1.97. The van der Waals surface area contributed by atoms with Crippen LogP contribution in [-0.2, 0) is 11.2 Å². The van der Waals surface area contributed by atoms with Gasteiger partial charge >= 0.3 is 5.97 Å². The summed E-state index contributed by atoms with van der Waals surface area (Å²) in [5.74, 6) is -0.638. The zero-order valence-electron chi connectivity index (χ0n) is 12.5. The maximum Gasteiger partial charge on any atom is 0.345 e. The Hall–Kier alpha value is -2.69. The predicted octanol–water partition coefficient (Wildman–Crippen LogP) is 2.59. The summed E-state index contributed by atoms with van der Waals surface area (Å²) in [7, 11) is 0. The van der Waals surface area contributed by atoms with Crippen molar-refractivity contribution in [2.45, 2.75) is 20.3 Å². The van der Waals surface area contributed by atoms with Crippen molar-refractivity contribution in [3.05, 3.63) is 58.1 Å². The molecule has 0 saturated heterocycles. The number of esters is 1. The second kappa shape index (κ2) is 5.60. The van der Waals surface area contributed by atoms with Crippen LogP contribution in [0.3, 0.4) is 0 Å². The summed E-state index contributed by atoms with van der Waals surface area (Å²) >= 11 is 0. The average Bonchev–Trinajstić information content (AvgIpc) is 2.54. The Balaban J connectivity index is 2.38. The fourth-order valence-corrected chi connectivity index (χ4v) is 2.60. The number of aryl methyl sites for hydroxylation is 1. The Bertz CT molecular complexity index is 928. The fraction of sp³-hybridized carbons (Fsp3) is 0.235. The third kappa shape index (κ3) is 2.15. The van der Waals surface area contributed by atoms with Crippen molar-refractivity contribution >= 4 is 22.4 Å². The minimum Gasteiger partial charge on any atom is -0.462 e. The molecule has 0 fully saturated rings. The van der Waals surface area contributed by atoms with Crippen LogP contribution in [0.5, 0.6) is 0 Å². The Kier molecular flexibility index (Phi) is 3.63. The van der Waals surface area contributed by atoms with E-state index in [2.05, 4.69) is 4.98 Å². The minimum absolute atomic E-state index is 0.0447. The van der Waals surface area contributed by atoms with Crippen LogP contribution >= 0.6 is 0 Å². The molecular weight excluding hydrogens is 280 g/mol. The van der Waals surface area contributed by atoms with E-state index in [4.69, 9.17) is 4.74 Å². The number of hydrogen-bond acceptors (Lipinski definition) is 4. The number of hydrogen-bond donors (Lipinski definition) is 0. The van der Waals surface area contributed by atoms with Gasteiger partial charge in [-0.3, -0.25) is 9.20 Å². The summed E-state index contributed by atoms with van der Waals surface area (Å²) < 4.78 is 6.35. The van der Waals surface area contributed by atoms with E-state index >= 15 is 0 Å². The van der Waals surface area contributed by atoms with E-state index in [1.165, 1.54) is 10.6 Å². The quantitative estimate of drug-likeness (QED) is 0.550. The molecule has 2 heterocycles. The Morgan fingerprint density at radius 1 is 1.23 bits per heavy atom. The van der Waals surface area contributed by atoms with E-state index in [0.29, 0.717) is 5.65 Å². The third-order valence-corrected chi connectivity index (χ3v) is 3.67. The summed E-state index contributed by atoms with van der Waals surface area (Å²) in [5.41, 5.74) is 1.14. The molecule has 0 amide bonds. The molecule has 0 atom stereocenters. The van der Waals surface area contributed by atoms with Crippen molar-refractivity contribution in [1.29, 1.82) is 0 Å². The van der Waals surface area contributed by atoms with Gasteiger partial charge in [-0.05, 0) is 24.3 Å². The summed E-state index contributed by atoms with van der Waals surface area (Å²) in [6.07, 6.45) is 3.84. The number of ether oxygens (including phenoxy) is 1. The van der Waals surface area contributed by atoms with Crippen molar-refractivity contribution < 1.29 is 9.53 Å². The van der Waals surface area contributed by atoms with Gasteiger partial charge in [-0.15, -0.1) is 0 Å². The minimum atomic E-state index is -0.638. The Labute approximate surface area is 127 Å². The number of fused-ring (bicyclic) bond motifs is 3. The first-order valence-electron chi connectivity index (χ1n) is 7.26. The average molecular weight is 296 g/mol. The van der Waals surface area contributed by atoms with Crippen molar-refractivity contribution in [1.82, 2.24) is 9.38 Å². The van der Waals surface area contributed by atoms with Crippen LogP contribution in [0.4, 0.5) is 0 Å². The van der Waals surface area contributed by atoms with E-state index in [1.807, 2.05) is 31.2 Å². The number of aromatic nitrogens is 2. The van der Waals surface area contributed by atoms with Gasteiger partial charge in [0.05, 0.1) is 6.61 Å². The summed E-state index contributed by atoms with van der Waals surface area (Å²) in [6, 6.07) is 7.82. The van der Waals surface area contributed by atoms with E-state index in [0.717, 1.165) is 22.8 Å². The molecule has 0 bridgehead atoms. The van der Waals surface area contributed by atoms with E-state index in [1.54, 1.807) is 13.1 Å². The molecule has 0 radical (unpaired) electrons. The van der Waals surface area contributed by atoms with Crippen molar-refractivity contribution in [2.75, 3.05) is 6.61 Å². The molecule has 1 aromatic carbocycles. The lowest BCUT2D eigenvalue weighted by molar-refractivity contribution is 0.0523. The number of benzene rings is 1. The van der Waals surface area contributed by atoms with Crippen molar-refractivity contribution in [3.63, 3.8) is 0 Å².